The average molecular weight is 298 g/mol. The van der Waals surface area contributed by atoms with E-state index in [-0.39, 0.29) is 0 Å². The molecule has 0 bridgehead atoms. The SMILES string of the molecule is Cc1cc(SCc2cnn(C)n2)nc(-c2ccccn2)n1. The molecular weight excluding hydrogens is 284 g/mol. The van der Waals surface area contributed by atoms with Crippen molar-refractivity contribution in [2.45, 2.75) is 17.7 Å². The molecule has 3 aromatic rings. The first-order valence-electron chi connectivity index (χ1n) is 6.46. The van der Waals surface area contributed by atoms with Crippen LogP contribution < -0.4 is 0 Å². The maximum atomic E-state index is 4.56. The lowest BCUT2D eigenvalue weighted by molar-refractivity contribution is 0.649. The molecule has 7 heteroatoms. The van der Waals surface area contributed by atoms with Gasteiger partial charge in [-0.05, 0) is 25.1 Å². The summed E-state index contributed by atoms with van der Waals surface area (Å²) in [6.07, 6.45) is 3.51. The Kier molecular flexibility index (Phi) is 3.92. The number of nitrogens with zero attached hydrogens (tertiary/aromatic N) is 6. The highest BCUT2D eigenvalue weighted by atomic mass is 32.2. The molecular formula is C14H14N6S. The van der Waals surface area contributed by atoms with E-state index in [0.717, 1.165) is 27.9 Å². The maximum absolute atomic E-state index is 4.56. The second-order valence-corrected chi connectivity index (χ2v) is 5.50. The lowest BCUT2D eigenvalue weighted by Crippen LogP contribution is -1.96. The molecule has 3 heterocycles. The smallest absolute Gasteiger partial charge is 0.179 e. The van der Waals surface area contributed by atoms with Gasteiger partial charge in [0, 0.05) is 24.7 Å². The van der Waals surface area contributed by atoms with Crippen LogP contribution in [0.2, 0.25) is 0 Å². The van der Waals surface area contributed by atoms with Gasteiger partial charge in [-0.25, -0.2) is 9.97 Å². The molecule has 0 radical (unpaired) electrons. The Morgan fingerprint density at radius 1 is 1.24 bits per heavy atom. The highest BCUT2D eigenvalue weighted by Gasteiger charge is 2.07. The van der Waals surface area contributed by atoms with Crippen molar-refractivity contribution < 1.29 is 0 Å². The Morgan fingerprint density at radius 3 is 2.86 bits per heavy atom. The van der Waals surface area contributed by atoms with Gasteiger partial charge in [-0.3, -0.25) is 4.98 Å². The number of pyridine rings is 1. The first-order valence-corrected chi connectivity index (χ1v) is 7.44. The van der Waals surface area contributed by atoms with Crippen LogP contribution in [0.1, 0.15) is 11.4 Å². The van der Waals surface area contributed by atoms with Gasteiger partial charge in [0.15, 0.2) is 5.82 Å². The quantitative estimate of drug-likeness (QED) is 0.543. The number of thioether (sulfide) groups is 1. The fourth-order valence-corrected chi connectivity index (χ4v) is 2.66. The van der Waals surface area contributed by atoms with Crippen molar-refractivity contribution in [3.63, 3.8) is 0 Å². The second kappa shape index (κ2) is 6.01. The summed E-state index contributed by atoms with van der Waals surface area (Å²) >= 11 is 1.62. The lowest BCUT2D eigenvalue weighted by atomic mass is 10.3. The van der Waals surface area contributed by atoms with Crippen LogP contribution in [-0.4, -0.2) is 29.9 Å². The predicted octanol–water partition coefficient (Wildman–Crippen LogP) is 2.27. The molecule has 0 aliphatic heterocycles. The van der Waals surface area contributed by atoms with Gasteiger partial charge in [-0.15, -0.1) is 0 Å². The highest BCUT2D eigenvalue weighted by Crippen LogP contribution is 2.22. The zero-order valence-corrected chi connectivity index (χ0v) is 12.6. The summed E-state index contributed by atoms with van der Waals surface area (Å²) in [5.74, 6) is 1.38. The summed E-state index contributed by atoms with van der Waals surface area (Å²) in [7, 11) is 1.81. The summed E-state index contributed by atoms with van der Waals surface area (Å²) in [6, 6.07) is 7.68. The number of aromatic nitrogens is 6. The topological polar surface area (TPSA) is 69.4 Å². The van der Waals surface area contributed by atoms with Gasteiger partial charge in [0.05, 0.1) is 11.9 Å². The van der Waals surface area contributed by atoms with E-state index in [1.54, 1.807) is 29.0 Å². The Hall–Kier alpha value is -2.28. The zero-order chi connectivity index (χ0) is 14.7. The molecule has 0 spiro atoms. The Morgan fingerprint density at radius 2 is 2.14 bits per heavy atom. The maximum Gasteiger partial charge on any atom is 0.179 e. The van der Waals surface area contributed by atoms with E-state index in [1.165, 1.54) is 0 Å². The van der Waals surface area contributed by atoms with Crippen LogP contribution in [0.15, 0.2) is 41.7 Å². The molecule has 0 fully saturated rings. The minimum atomic E-state index is 0.650. The molecule has 0 amide bonds. The first kappa shape index (κ1) is 13.7. The molecule has 0 N–H and O–H groups in total. The highest BCUT2D eigenvalue weighted by molar-refractivity contribution is 7.98. The summed E-state index contributed by atoms with van der Waals surface area (Å²) in [5.41, 5.74) is 2.63. The van der Waals surface area contributed by atoms with E-state index in [9.17, 15) is 0 Å². The van der Waals surface area contributed by atoms with E-state index in [1.807, 2.05) is 38.2 Å². The van der Waals surface area contributed by atoms with Crippen molar-refractivity contribution in [3.05, 3.63) is 48.0 Å². The van der Waals surface area contributed by atoms with Gasteiger partial charge in [-0.2, -0.15) is 15.0 Å². The Bertz CT molecular complexity index is 740. The van der Waals surface area contributed by atoms with E-state index in [0.29, 0.717) is 5.82 Å². The minimum absolute atomic E-state index is 0.650. The molecule has 3 aromatic heterocycles. The molecule has 6 nitrogen and oxygen atoms in total. The van der Waals surface area contributed by atoms with Crippen molar-refractivity contribution in [2.75, 3.05) is 0 Å². The number of hydrogen-bond donors (Lipinski definition) is 0. The summed E-state index contributed by atoms with van der Waals surface area (Å²) in [4.78, 5) is 14.9. The van der Waals surface area contributed by atoms with E-state index in [4.69, 9.17) is 0 Å². The van der Waals surface area contributed by atoms with Crippen LogP contribution in [0.3, 0.4) is 0 Å². The molecule has 0 aromatic carbocycles. The fraction of sp³-hybridized carbons (Fsp3) is 0.214. The molecule has 0 atom stereocenters. The van der Waals surface area contributed by atoms with Crippen molar-refractivity contribution >= 4 is 11.8 Å². The largest absolute Gasteiger partial charge is 0.253 e. The molecule has 3 rings (SSSR count). The Balaban J connectivity index is 1.81. The van der Waals surface area contributed by atoms with Crippen LogP contribution in [0.25, 0.3) is 11.5 Å². The monoisotopic (exact) mass is 298 g/mol. The molecule has 0 aliphatic rings. The summed E-state index contributed by atoms with van der Waals surface area (Å²) < 4.78 is 0. The Labute approximate surface area is 126 Å². The minimum Gasteiger partial charge on any atom is -0.253 e. The third-order valence-electron chi connectivity index (χ3n) is 2.74. The molecule has 0 saturated heterocycles. The standard InChI is InChI=1S/C14H14N6S/c1-10-7-13(21-9-11-8-16-20(2)19-11)18-14(17-10)12-5-3-4-6-15-12/h3-8H,9H2,1-2H3. The molecule has 0 unspecified atom stereocenters. The number of hydrogen-bond acceptors (Lipinski definition) is 6. The molecule has 0 saturated carbocycles. The number of aryl methyl sites for hydroxylation is 2. The van der Waals surface area contributed by atoms with Crippen LogP contribution >= 0.6 is 11.8 Å². The molecule has 21 heavy (non-hydrogen) atoms. The van der Waals surface area contributed by atoms with Crippen LogP contribution in [-0.2, 0) is 12.8 Å². The van der Waals surface area contributed by atoms with Crippen LogP contribution in [0.4, 0.5) is 0 Å². The van der Waals surface area contributed by atoms with Gasteiger partial charge in [0.25, 0.3) is 0 Å². The van der Waals surface area contributed by atoms with Crippen molar-refractivity contribution in [3.8, 4) is 11.5 Å². The van der Waals surface area contributed by atoms with Gasteiger partial charge in [-0.1, -0.05) is 17.8 Å². The normalized spacial score (nSPS) is 10.8. The van der Waals surface area contributed by atoms with E-state index in [2.05, 4.69) is 25.1 Å². The van der Waals surface area contributed by atoms with Crippen molar-refractivity contribution in [2.24, 2.45) is 7.05 Å². The van der Waals surface area contributed by atoms with Crippen LogP contribution in [0.5, 0.6) is 0 Å². The third kappa shape index (κ3) is 3.43. The zero-order valence-electron chi connectivity index (χ0n) is 11.8. The summed E-state index contributed by atoms with van der Waals surface area (Å²) in [5, 5.41) is 9.23. The van der Waals surface area contributed by atoms with Gasteiger partial charge in [0.1, 0.15) is 10.7 Å². The third-order valence-corrected chi connectivity index (χ3v) is 3.68. The predicted molar refractivity (Wildman–Crippen MR) is 80.6 cm³/mol. The first-order chi connectivity index (χ1) is 10.2. The van der Waals surface area contributed by atoms with E-state index < -0.39 is 0 Å². The second-order valence-electron chi connectivity index (χ2n) is 4.50. The number of rotatable bonds is 4. The van der Waals surface area contributed by atoms with Gasteiger partial charge in [0.2, 0.25) is 0 Å². The molecule has 106 valence electrons. The lowest BCUT2D eigenvalue weighted by Gasteiger charge is -2.04. The van der Waals surface area contributed by atoms with Crippen molar-refractivity contribution in [1.29, 1.82) is 0 Å². The van der Waals surface area contributed by atoms with Gasteiger partial charge >= 0.3 is 0 Å². The molecule has 0 aliphatic carbocycles. The average Bonchev–Trinajstić information content (AvgIpc) is 2.91. The van der Waals surface area contributed by atoms with Crippen LogP contribution in [0, 0.1) is 6.92 Å². The fourth-order valence-electron chi connectivity index (χ4n) is 1.82. The van der Waals surface area contributed by atoms with Gasteiger partial charge < -0.3 is 0 Å². The van der Waals surface area contributed by atoms with Crippen molar-refractivity contribution in [1.82, 2.24) is 29.9 Å². The summed E-state index contributed by atoms with van der Waals surface area (Å²) in [6.45, 7) is 1.96. The van der Waals surface area contributed by atoms with E-state index >= 15 is 0 Å².